The molecule has 0 unspecified atom stereocenters. The van der Waals surface area contributed by atoms with E-state index >= 15 is 0 Å². The van der Waals surface area contributed by atoms with Crippen LogP contribution in [-0.2, 0) is 4.79 Å². The van der Waals surface area contributed by atoms with Crippen LogP contribution >= 0.6 is 22.6 Å². The minimum Gasteiger partial charge on any atom is -0.483 e. The molecule has 2 aromatic carbocycles. The fraction of sp³-hybridized carbons (Fsp3) is 0.0667. The average Bonchev–Trinajstić information content (AvgIpc) is 2.46. The molecule has 0 aliphatic rings. The van der Waals surface area contributed by atoms with Crippen LogP contribution in [0.15, 0.2) is 48.5 Å². The number of para-hydroxylation sites is 1. The predicted molar refractivity (Wildman–Crippen MR) is 84.4 cm³/mol. The highest BCUT2D eigenvalue weighted by molar-refractivity contribution is 14.1. The molecule has 5 heteroatoms. The molecule has 0 aliphatic heterocycles. The Bertz CT molecular complexity index is 665. The summed E-state index contributed by atoms with van der Waals surface area (Å²) in [6.07, 6.45) is 0. The van der Waals surface area contributed by atoms with E-state index in [-0.39, 0.29) is 12.5 Å². The number of anilines is 1. The fourth-order valence-corrected chi connectivity index (χ4v) is 2.11. The zero-order chi connectivity index (χ0) is 14.4. The molecular formula is C15H11IN2O2. The maximum atomic E-state index is 11.8. The molecule has 0 atom stereocenters. The Labute approximate surface area is 130 Å². The summed E-state index contributed by atoms with van der Waals surface area (Å²) in [7, 11) is 0. The number of benzene rings is 2. The van der Waals surface area contributed by atoms with Crippen LogP contribution in [0.4, 0.5) is 5.69 Å². The van der Waals surface area contributed by atoms with Crippen molar-refractivity contribution >= 4 is 34.2 Å². The summed E-state index contributed by atoms with van der Waals surface area (Å²) in [5.74, 6) is 0.411. The van der Waals surface area contributed by atoms with Gasteiger partial charge in [0, 0.05) is 5.69 Å². The van der Waals surface area contributed by atoms with E-state index in [0.717, 1.165) is 3.57 Å². The van der Waals surface area contributed by atoms with Crippen molar-refractivity contribution in [3.8, 4) is 11.8 Å². The van der Waals surface area contributed by atoms with E-state index in [0.29, 0.717) is 17.0 Å². The smallest absolute Gasteiger partial charge is 0.262 e. The van der Waals surface area contributed by atoms with Gasteiger partial charge in [-0.15, -0.1) is 0 Å². The second-order valence-electron chi connectivity index (χ2n) is 3.96. The molecule has 1 amide bonds. The van der Waals surface area contributed by atoms with Crippen LogP contribution in [0.25, 0.3) is 0 Å². The van der Waals surface area contributed by atoms with Gasteiger partial charge in [0.2, 0.25) is 0 Å². The summed E-state index contributed by atoms with van der Waals surface area (Å²) >= 11 is 2.15. The zero-order valence-electron chi connectivity index (χ0n) is 10.5. The van der Waals surface area contributed by atoms with E-state index in [1.54, 1.807) is 24.3 Å². The molecular weight excluding hydrogens is 367 g/mol. The summed E-state index contributed by atoms with van der Waals surface area (Å²) in [4.78, 5) is 11.8. The van der Waals surface area contributed by atoms with Gasteiger partial charge in [-0.05, 0) is 52.9 Å². The topological polar surface area (TPSA) is 62.1 Å². The monoisotopic (exact) mass is 378 g/mol. The van der Waals surface area contributed by atoms with Gasteiger partial charge < -0.3 is 10.1 Å². The molecule has 0 aliphatic carbocycles. The SMILES string of the molecule is N#Cc1cccc(NC(=O)COc2ccccc2I)c1. The Balaban J connectivity index is 1.93. The van der Waals surface area contributed by atoms with Crippen molar-refractivity contribution in [3.05, 3.63) is 57.7 Å². The number of hydrogen-bond acceptors (Lipinski definition) is 3. The van der Waals surface area contributed by atoms with Gasteiger partial charge in [0.25, 0.3) is 5.91 Å². The van der Waals surface area contributed by atoms with Crippen LogP contribution in [0.1, 0.15) is 5.56 Å². The number of nitrogens with zero attached hydrogens (tertiary/aromatic N) is 1. The van der Waals surface area contributed by atoms with Crippen LogP contribution in [0.5, 0.6) is 5.75 Å². The molecule has 4 nitrogen and oxygen atoms in total. The third kappa shape index (κ3) is 3.96. The normalized spacial score (nSPS) is 9.60. The average molecular weight is 378 g/mol. The highest BCUT2D eigenvalue weighted by Crippen LogP contribution is 2.19. The molecule has 0 saturated carbocycles. The first-order valence-corrected chi connectivity index (χ1v) is 6.94. The molecule has 0 aromatic heterocycles. The lowest BCUT2D eigenvalue weighted by molar-refractivity contribution is -0.118. The van der Waals surface area contributed by atoms with Crippen molar-refractivity contribution in [2.75, 3.05) is 11.9 Å². The Kier molecular flexibility index (Phi) is 4.96. The number of ether oxygens (including phenoxy) is 1. The second kappa shape index (κ2) is 6.91. The van der Waals surface area contributed by atoms with E-state index in [1.165, 1.54) is 0 Å². The number of hydrogen-bond donors (Lipinski definition) is 1. The van der Waals surface area contributed by atoms with Crippen molar-refractivity contribution in [1.82, 2.24) is 0 Å². The Morgan fingerprint density at radius 3 is 2.80 bits per heavy atom. The first-order valence-electron chi connectivity index (χ1n) is 5.86. The van der Waals surface area contributed by atoms with Gasteiger partial charge in [0.15, 0.2) is 6.61 Å². The molecule has 0 radical (unpaired) electrons. The van der Waals surface area contributed by atoms with E-state index in [4.69, 9.17) is 10.00 Å². The molecule has 0 spiro atoms. The van der Waals surface area contributed by atoms with Crippen molar-refractivity contribution in [3.63, 3.8) is 0 Å². The molecule has 100 valence electrons. The summed E-state index contributed by atoms with van der Waals surface area (Å²) in [6, 6.07) is 16.2. The van der Waals surface area contributed by atoms with E-state index < -0.39 is 0 Å². The van der Waals surface area contributed by atoms with Crippen LogP contribution in [0.3, 0.4) is 0 Å². The predicted octanol–water partition coefficient (Wildman–Crippen LogP) is 3.18. The Morgan fingerprint density at radius 2 is 2.05 bits per heavy atom. The van der Waals surface area contributed by atoms with E-state index in [2.05, 4.69) is 27.9 Å². The maximum absolute atomic E-state index is 11.8. The number of amides is 1. The first-order chi connectivity index (χ1) is 9.69. The molecule has 2 aromatic rings. The van der Waals surface area contributed by atoms with Crippen molar-refractivity contribution < 1.29 is 9.53 Å². The number of carbonyl (C=O) groups excluding carboxylic acids is 1. The minimum atomic E-state index is -0.264. The summed E-state index contributed by atoms with van der Waals surface area (Å²) in [5, 5.41) is 11.5. The molecule has 20 heavy (non-hydrogen) atoms. The number of nitriles is 1. The highest BCUT2D eigenvalue weighted by atomic mass is 127. The molecule has 0 bridgehead atoms. The number of nitrogens with one attached hydrogen (secondary N) is 1. The van der Waals surface area contributed by atoms with E-state index in [1.807, 2.05) is 30.3 Å². The van der Waals surface area contributed by atoms with Gasteiger partial charge in [0.1, 0.15) is 5.75 Å². The van der Waals surface area contributed by atoms with Crippen molar-refractivity contribution in [2.24, 2.45) is 0 Å². The van der Waals surface area contributed by atoms with Gasteiger partial charge in [-0.3, -0.25) is 4.79 Å². The van der Waals surface area contributed by atoms with Gasteiger partial charge in [-0.2, -0.15) is 5.26 Å². The number of carbonyl (C=O) groups is 1. The van der Waals surface area contributed by atoms with Gasteiger partial charge in [0.05, 0.1) is 15.2 Å². The summed E-state index contributed by atoms with van der Waals surface area (Å²) in [6.45, 7) is -0.0726. The highest BCUT2D eigenvalue weighted by Gasteiger charge is 2.06. The van der Waals surface area contributed by atoms with Crippen LogP contribution in [0, 0.1) is 14.9 Å². The number of rotatable bonds is 4. The lowest BCUT2D eigenvalue weighted by atomic mass is 10.2. The molecule has 1 N–H and O–H groups in total. The van der Waals surface area contributed by atoms with Gasteiger partial charge in [-0.25, -0.2) is 0 Å². The van der Waals surface area contributed by atoms with Crippen molar-refractivity contribution in [2.45, 2.75) is 0 Å². The quantitative estimate of drug-likeness (QED) is 0.832. The largest absolute Gasteiger partial charge is 0.483 e. The van der Waals surface area contributed by atoms with Gasteiger partial charge in [-0.1, -0.05) is 18.2 Å². The third-order valence-corrected chi connectivity index (χ3v) is 3.36. The van der Waals surface area contributed by atoms with E-state index in [9.17, 15) is 4.79 Å². The lowest BCUT2D eigenvalue weighted by Crippen LogP contribution is -2.20. The van der Waals surface area contributed by atoms with Crippen molar-refractivity contribution in [1.29, 1.82) is 5.26 Å². The zero-order valence-corrected chi connectivity index (χ0v) is 12.6. The first kappa shape index (κ1) is 14.3. The third-order valence-electron chi connectivity index (χ3n) is 2.47. The molecule has 0 heterocycles. The molecule has 0 fully saturated rings. The van der Waals surface area contributed by atoms with Crippen LogP contribution < -0.4 is 10.1 Å². The number of halogens is 1. The summed E-state index contributed by atoms with van der Waals surface area (Å²) in [5.41, 5.74) is 1.08. The lowest BCUT2D eigenvalue weighted by Gasteiger charge is -2.08. The van der Waals surface area contributed by atoms with Crippen LogP contribution in [-0.4, -0.2) is 12.5 Å². The minimum absolute atomic E-state index is 0.0726. The molecule has 2 rings (SSSR count). The molecule has 0 saturated heterocycles. The summed E-state index contributed by atoms with van der Waals surface area (Å²) < 4.78 is 6.39. The van der Waals surface area contributed by atoms with Crippen LogP contribution in [0.2, 0.25) is 0 Å². The second-order valence-corrected chi connectivity index (χ2v) is 5.12. The Morgan fingerprint density at radius 1 is 1.25 bits per heavy atom. The standard InChI is InChI=1S/C15H11IN2O2/c16-13-6-1-2-7-14(13)20-10-15(19)18-12-5-3-4-11(8-12)9-17/h1-8H,10H2,(H,18,19). The Hall–Kier alpha value is -2.07. The van der Waals surface area contributed by atoms with Gasteiger partial charge >= 0.3 is 0 Å². The maximum Gasteiger partial charge on any atom is 0.262 e. The fourth-order valence-electron chi connectivity index (χ4n) is 1.57.